The first-order chi connectivity index (χ1) is 20.7. The van der Waals surface area contributed by atoms with Gasteiger partial charge in [-0.2, -0.15) is 0 Å². The van der Waals surface area contributed by atoms with E-state index in [1.807, 2.05) is 62.4 Å². The lowest BCUT2D eigenvalue weighted by atomic mass is 9.55. The number of ether oxygens (including phenoxy) is 3. The number of hydrogen-bond donors (Lipinski definition) is 1. The lowest BCUT2D eigenvalue weighted by molar-refractivity contribution is -0.160. The fraction of sp³-hybridized carbons (Fsp3) is 0.353. The Balaban J connectivity index is 1.24. The fourth-order valence-corrected chi connectivity index (χ4v) is 7.08. The maximum atomic E-state index is 14.2. The molecule has 1 N–H and O–H groups in total. The molecule has 9 heteroatoms. The van der Waals surface area contributed by atoms with Crippen molar-refractivity contribution in [3.63, 3.8) is 0 Å². The van der Waals surface area contributed by atoms with E-state index in [-0.39, 0.29) is 36.0 Å². The number of anilines is 1. The quantitative estimate of drug-likeness (QED) is 0.292. The van der Waals surface area contributed by atoms with Gasteiger partial charge in [-0.05, 0) is 46.7 Å². The largest absolute Gasteiger partial charge is 0.497 e. The van der Waals surface area contributed by atoms with E-state index in [1.54, 1.807) is 18.2 Å². The molecule has 0 unspecified atom stereocenters. The molecule has 3 amide bonds. The topological polar surface area (TPSA) is 111 Å². The molecule has 3 aromatic rings. The van der Waals surface area contributed by atoms with Crippen molar-refractivity contribution < 1.29 is 33.4 Å². The van der Waals surface area contributed by atoms with Crippen LogP contribution in [-0.4, -0.2) is 55.5 Å². The van der Waals surface area contributed by atoms with E-state index in [4.69, 9.17) is 14.2 Å². The normalized spacial score (nSPS) is 22.0. The van der Waals surface area contributed by atoms with Crippen LogP contribution in [0.5, 0.6) is 11.5 Å². The monoisotopic (exact) mass is 582 g/mol. The molecule has 1 heterocycles. The summed E-state index contributed by atoms with van der Waals surface area (Å²) in [6.07, 6.45) is 0.221. The van der Waals surface area contributed by atoms with Gasteiger partial charge in [0.25, 0.3) is 5.91 Å². The van der Waals surface area contributed by atoms with Gasteiger partial charge in [-0.25, -0.2) is 4.79 Å². The fourth-order valence-electron chi connectivity index (χ4n) is 7.08. The van der Waals surface area contributed by atoms with Gasteiger partial charge >= 0.3 is 5.97 Å². The molecule has 3 aromatic carbocycles. The van der Waals surface area contributed by atoms with Crippen LogP contribution in [0.1, 0.15) is 54.4 Å². The Labute approximate surface area is 250 Å². The van der Waals surface area contributed by atoms with Gasteiger partial charge < -0.3 is 19.5 Å². The van der Waals surface area contributed by atoms with Crippen molar-refractivity contribution in [2.75, 3.05) is 26.1 Å². The number of carbonyl (C=O) groups excluding carboxylic acids is 4. The summed E-state index contributed by atoms with van der Waals surface area (Å²) < 4.78 is 16.0. The number of rotatable bonds is 9. The Morgan fingerprint density at radius 3 is 1.81 bits per heavy atom. The molecule has 7 rings (SSSR count). The Hall–Kier alpha value is -4.66. The average Bonchev–Trinajstić information content (AvgIpc) is 3.28. The predicted molar refractivity (Wildman–Crippen MR) is 158 cm³/mol. The van der Waals surface area contributed by atoms with Crippen molar-refractivity contribution >= 4 is 29.4 Å². The molecule has 1 saturated heterocycles. The van der Waals surface area contributed by atoms with Gasteiger partial charge in [0.05, 0.1) is 31.7 Å². The van der Waals surface area contributed by atoms with Crippen molar-refractivity contribution in [2.24, 2.45) is 17.8 Å². The molecule has 0 aromatic heterocycles. The van der Waals surface area contributed by atoms with Gasteiger partial charge in [-0.1, -0.05) is 62.4 Å². The van der Waals surface area contributed by atoms with Crippen LogP contribution in [0, 0.1) is 17.8 Å². The number of nitrogens with zero attached hydrogens (tertiary/aromatic N) is 1. The minimum Gasteiger partial charge on any atom is -0.497 e. The van der Waals surface area contributed by atoms with Gasteiger partial charge in [0.1, 0.15) is 17.5 Å². The molecule has 9 nitrogen and oxygen atoms in total. The number of hydrogen-bond acceptors (Lipinski definition) is 7. The van der Waals surface area contributed by atoms with Gasteiger partial charge in [0.2, 0.25) is 11.8 Å². The molecule has 222 valence electrons. The second-order valence-electron chi connectivity index (χ2n) is 11.7. The standard InChI is InChI=1S/C34H34N2O7/c1-18(2)15-25(34(40)43-17-27(37)35-24-14-13-19(41-3)16-26(24)42-4)36-32(38)30-28-20-9-5-6-10-21(20)29(31(30)33(36)39)23-12-8-7-11-22(23)28/h5-14,16,18,25,28-31H,15,17H2,1-4H3,(H,35,37)/t25-,28?,29?,30-,31+/m0/s1. The van der Waals surface area contributed by atoms with Crippen LogP contribution in [0.3, 0.4) is 0 Å². The maximum Gasteiger partial charge on any atom is 0.329 e. The molecule has 43 heavy (non-hydrogen) atoms. The highest BCUT2D eigenvalue weighted by molar-refractivity contribution is 6.10. The highest BCUT2D eigenvalue weighted by atomic mass is 16.5. The minimum absolute atomic E-state index is 0.0238. The summed E-state index contributed by atoms with van der Waals surface area (Å²) >= 11 is 0. The summed E-state index contributed by atoms with van der Waals surface area (Å²) in [6.45, 7) is 3.24. The zero-order valence-corrected chi connectivity index (χ0v) is 24.5. The molecular formula is C34H34N2O7. The van der Waals surface area contributed by atoms with Crippen LogP contribution in [-0.2, 0) is 23.9 Å². The Morgan fingerprint density at radius 2 is 1.35 bits per heavy atom. The number of methoxy groups -OCH3 is 2. The first-order valence-electron chi connectivity index (χ1n) is 14.5. The number of benzene rings is 3. The zero-order valence-electron chi connectivity index (χ0n) is 24.5. The molecule has 3 atom stereocenters. The highest BCUT2D eigenvalue weighted by Gasteiger charge is 2.63. The molecule has 0 radical (unpaired) electrons. The summed E-state index contributed by atoms with van der Waals surface area (Å²) in [5, 5.41) is 2.67. The van der Waals surface area contributed by atoms with E-state index in [1.165, 1.54) is 14.2 Å². The minimum atomic E-state index is -1.14. The highest BCUT2D eigenvalue weighted by Crippen LogP contribution is 2.61. The van der Waals surface area contributed by atoms with Crippen molar-refractivity contribution in [1.29, 1.82) is 0 Å². The van der Waals surface area contributed by atoms with Crippen LogP contribution in [0.15, 0.2) is 66.7 Å². The third kappa shape index (κ3) is 4.73. The van der Waals surface area contributed by atoms with Crippen LogP contribution in [0.2, 0.25) is 0 Å². The predicted octanol–water partition coefficient (Wildman–Crippen LogP) is 4.49. The van der Waals surface area contributed by atoms with Crippen LogP contribution in [0.25, 0.3) is 0 Å². The van der Waals surface area contributed by atoms with E-state index in [9.17, 15) is 19.2 Å². The summed E-state index contributed by atoms with van der Waals surface area (Å²) in [4.78, 5) is 55.8. The first-order valence-corrected chi connectivity index (χ1v) is 14.5. The maximum absolute atomic E-state index is 14.2. The lowest BCUT2D eigenvalue weighted by Crippen LogP contribution is -2.47. The third-order valence-corrected chi connectivity index (χ3v) is 8.79. The van der Waals surface area contributed by atoms with Crippen molar-refractivity contribution in [1.82, 2.24) is 4.90 Å². The van der Waals surface area contributed by atoms with Gasteiger partial charge in [-0.15, -0.1) is 0 Å². The molecular weight excluding hydrogens is 548 g/mol. The number of carbonyl (C=O) groups is 4. The van der Waals surface area contributed by atoms with Crippen LogP contribution < -0.4 is 14.8 Å². The zero-order chi connectivity index (χ0) is 30.4. The van der Waals surface area contributed by atoms with Crippen LogP contribution in [0.4, 0.5) is 5.69 Å². The molecule has 0 saturated carbocycles. The summed E-state index contributed by atoms with van der Waals surface area (Å²) in [7, 11) is 2.99. The average molecular weight is 583 g/mol. The van der Waals surface area contributed by atoms with Crippen molar-refractivity contribution in [2.45, 2.75) is 38.1 Å². The number of esters is 1. The lowest BCUT2D eigenvalue weighted by Gasteiger charge is -2.45. The molecule has 4 aliphatic rings. The summed E-state index contributed by atoms with van der Waals surface area (Å²) in [6, 6.07) is 19.8. The molecule has 2 bridgehead atoms. The van der Waals surface area contributed by atoms with Crippen LogP contribution >= 0.6 is 0 Å². The Kier molecular flexibility index (Phi) is 7.42. The number of nitrogens with one attached hydrogen (secondary N) is 1. The number of likely N-dealkylation sites (tertiary alicyclic amines) is 1. The van der Waals surface area contributed by atoms with E-state index in [0.717, 1.165) is 27.2 Å². The Bertz CT molecular complexity index is 1500. The van der Waals surface area contributed by atoms with Gasteiger partial charge in [0.15, 0.2) is 6.61 Å². The molecule has 3 aliphatic carbocycles. The number of imide groups is 1. The van der Waals surface area contributed by atoms with E-state index < -0.39 is 36.4 Å². The molecule has 1 aliphatic heterocycles. The van der Waals surface area contributed by atoms with Gasteiger partial charge in [0, 0.05) is 17.9 Å². The van der Waals surface area contributed by atoms with Crippen molar-refractivity contribution in [3.05, 3.63) is 89.0 Å². The van der Waals surface area contributed by atoms with Crippen molar-refractivity contribution in [3.8, 4) is 11.5 Å². The third-order valence-electron chi connectivity index (χ3n) is 8.79. The summed E-state index contributed by atoms with van der Waals surface area (Å²) in [5.41, 5.74) is 4.62. The first kappa shape index (κ1) is 28.5. The summed E-state index contributed by atoms with van der Waals surface area (Å²) in [5.74, 6) is -2.93. The SMILES string of the molecule is COc1ccc(NC(=O)COC(=O)[C@H](CC(C)C)N2C(=O)[C@@H]3C4c5ccccc5C(c5ccccc54)[C@@H]3C2=O)c(OC)c1. The Morgan fingerprint density at radius 1 is 0.814 bits per heavy atom. The van der Waals surface area contributed by atoms with E-state index in [2.05, 4.69) is 5.32 Å². The second kappa shape index (κ2) is 11.2. The molecule has 0 spiro atoms. The van der Waals surface area contributed by atoms with E-state index in [0.29, 0.717) is 17.2 Å². The smallest absolute Gasteiger partial charge is 0.329 e. The molecule has 1 fully saturated rings. The van der Waals surface area contributed by atoms with E-state index >= 15 is 0 Å². The number of amides is 3. The van der Waals surface area contributed by atoms with Gasteiger partial charge in [-0.3, -0.25) is 19.3 Å². The second-order valence-corrected chi connectivity index (χ2v) is 11.7.